The summed E-state index contributed by atoms with van der Waals surface area (Å²) in [5.74, 6) is 0.559. The Kier molecular flexibility index (Phi) is 5.14. The molecule has 0 radical (unpaired) electrons. The summed E-state index contributed by atoms with van der Waals surface area (Å²) in [7, 11) is 1.76. The van der Waals surface area contributed by atoms with Gasteiger partial charge in [-0.2, -0.15) is 0 Å². The molecular weight excluding hydrogens is 340 g/mol. The van der Waals surface area contributed by atoms with Gasteiger partial charge in [0.05, 0.1) is 17.2 Å². The summed E-state index contributed by atoms with van der Waals surface area (Å²) < 4.78 is 5.94. The zero-order valence-electron chi connectivity index (χ0n) is 11.3. The van der Waals surface area contributed by atoms with E-state index in [4.69, 9.17) is 4.42 Å². The molecule has 0 unspecified atom stereocenters. The molecule has 0 saturated carbocycles. The number of carbonyl (C=O) groups is 1. The van der Waals surface area contributed by atoms with E-state index in [1.165, 1.54) is 6.08 Å². The van der Waals surface area contributed by atoms with Crippen LogP contribution in [-0.2, 0) is 17.8 Å². The van der Waals surface area contributed by atoms with Crippen LogP contribution in [0.25, 0.3) is 6.08 Å². The standard InChI is InChI=1S/C14H15BrN2O2S/c1-3-13-16-10(9-20-13)8-17(2)14(18)7-5-11-4-6-12(15)19-11/h4-7,9H,3,8H2,1-2H3. The number of carbonyl (C=O) groups excluding carboxylic acids is 1. The number of nitrogens with zero attached hydrogens (tertiary/aromatic N) is 2. The summed E-state index contributed by atoms with van der Waals surface area (Å²) in [5, 5.41) is 3.09. The van der Waals surface area contributed by atoms with Crippen LogP contribution in [0.4, 0.5) is 0 Å². The Balaban J connectivity index is 1.93. The Morgan fingerprint density at radius 3 is 2.95 bits per heavy atom. The number of rotatable bonds is 5. The molecule has 4 nitrogen and oxygen atoms in total. The van der Waals surface area contributed by atoms with Crippen LogP contribution in [-0.4, -0.2) is 22.8 Å². The third-order valence-electron chi connectivity index (χ3n) is 2.66. The average molecular weight is 355 g/mol. The van der Waals surface area contributed by atoms with Gasteiger partial charge >= 0.3 is 0 Å². The van der Waals surface area contributed by atoms with Crippen molar-refractivity contribution in [2.24, 2.45) is 0 Å². The van der Waals surface area contributed by atoms with E-state index < -0.39 is 0 Å². The second-order valence-corrected chi connectivity index (χ2v) is 5.98. The molecule has 2 aromatic rings. The molecule has 0 N–H and O–H groups in total. The zero-order chi connectivity index (χ0) is 14.5. The molecular formula is C14H15BrN2O2S. The van der Waals surface area contributed by atoms with Crippen molar-refractivity contribution in [3.05, 3.63) is 44.7 Å². The molecule has 6 heteroatoms. The van der Waals surface area contributed by atoms with Crippen LogP contribution >= 0.6 is 27.3 Å². The fraction of sp³-hybridized carbons (Fsp3) is 0.286. The predicted molar refractivity (Wildman–Crippen MR) is 83.4 cm³/mol. The number of aryl methyl sites for hydroxylation is 1. The maximum atomic E-state index is 12.0. The fourth-order valence-electron chi connectivity index (χ4n) is 1.60. The minimum atomic E-state index is -0.0800. The summed E-state index contributed by atoms with van der Waals surface area (Å²) in [6.45, 7) is 2.59. The number of hydrogen-bond acceptors (Lipinski definition) is 4. The van der Waals surface area contributed by atoms with Crippen LogP contribution in [0.3, 0.4) is 0 Å². The van der Waals surface area contributed by atoms with Crippen LogP contribution in [0, 0.1) is 0 Å². The van der Waals surface area contributed by atoms with Crippen molar-refractivity contribution in [3.63, 3.8) is 0 Å². The SMILES string of the molecule is CCc1nc(CN(C)C(=O)C=Cc2ccc(Br)o2)cs1. The summed E-state index contributed by atoms with van der Waals surface area (Å²) in [4.78, 5) is 18.0. The van der Waals surface area contributed by atoms with E-state index in [1.54, 1.807) is 41.5 Å². The van der Waals surface area contributed by atoms with Gasteiger partial charge in [0.15, 0.2) is 4.67 Å². The van der Waals surface area contributed by atoms with E-state index in [1.807, 2.05) is 5.38 Å². The molecule has 2 heterocycles. The maximum absolute atomic E-state index is 12.0. The summed E-state index contributed by atoms with van der Waals surface area (Å²) in [6, 6.07) is 3.58. The van der Waals surface area contributed by atoms with Crippen molar-refractivity contribution in [3.8, 4) is 0 Å². The molecule has 0 bridgehead atoms. The lowest BCUT2D eigenvalue weighted by molar-refractivity contribution is -0.125. The first kappa shape index (κ1) is 15.0. The highest BCUT2D eigenvalue weighted by molar-refractivity contribution is 9.10. The van der Waals surface area contributed by atoms with Gasteiger partial charge in [-0.05, 0) is 40.6 Å². The normalized spacial score (nSPS) is 11.2. The third-order valence-corrected chi connectivity index (χ3v) is 4.13. The molecule has 0 spiro atoms. The van der Waals surface area contributed by atoms with Crippen molar-refractivity contribution in [1.29, 1.82) is 0 Å². The molecule has 0 saturated heterocycles. The van der Waals surface area contributed by atoms with E-state index in [9.17, 15) is 4.79 Å². The predicted octanol–water partition coefficient (Wildman–Crippen LogP) is 3.73. The second kappa shape index (κ2) is 6.85. The third kappa shape index (κ3) is 4.05. The van der Waals surface area contributed by atoms with Gasteiger partial charge in [0.25, 0.3) is 0 Å². The quantitative estimate of drug-likeness (QED) is 0.768. The zero-order valence-corrected chi connectivity index (χ0v) is 13.7. The lowest BCUT2D eigenvalue weighted by Gasteiger charge is -2.12. The fourth-order valence-corrected chi connectivity index (χ4v) is 2.66. The Hall–Kier alpha value is -1.40. The van der Waals surface area contributed by atoms with E-state index in [0.29, 0.717) is 17.0 Å². The summed E-state index contributed by atoms with van der Waals surface area (Å²) >= 11 is 4.85. The molecule has 0 aliphatic rings. The Bertz CT molecular complexity index is 618. The molecule has 2 aromatic heterocycles. The maximum Gasteiger partial charge on any atom is 0.246 e. The van der Waals surface area contributed by atoms with Gasteiger partial charge in [-0.3, -0.25) is 4.79 Å². The van der Waals surface area contributed by atoms with Crippen molar-refractivity contribution >= 4 is 39.2 Å². The van der Waals surface area contributed by atoms with Crippen molar-refractivity contribution in [2.45, 2.75) is 19.9 Å². The van der Waals surface area contributed by atoms with Gasteiger partial charge in [0.2, 0.25) is 5.91 Å². The second-order valence-electron chi connectivity index (χ2n) is 4.26. The minimum Gasteiger partial charge on any atom is -0.450 e. The van der Waals surface area contributed by atoms with Gasteiger partial charge < -0.3 is 9.32 Å². The average Bonchev–Trinajstić information content (AvgIpc) is 3.04. The first-order valence-corrected chi connectivity index (χ1v) is 7.87. The van der Waals surface area contributed by atoms with Gasteiger partial charge in [-0.15, -0.1) is 11.3 Å². The van der Waals surface area contributed by atoms with Gasteiger partial charge in [0.1, 0.15) is 5.76 Å². The number of furan rings is 1. The highest BCUT2D eigenvalue weighted by atomic mass is 79.9. The van der Waals surface area contributed by atoms with Gasteiger partial charge in [-0.25, -0.2) is 4.98 Å². The van der Waals surface area contributed by atoms with Crippen molar-refractivity contribution in [2.75, 3.05) is 7.05 Å². The van der Waals surface area contributed by atoms with E-state index in [2.05, 4.69) is 27.8 Å². The van der Waals surface area contributed by atoms with Crippen LogP contribution in [0.2, 0.25) is 0 Å². The molecule has 0 atom stereocenters. The largest absolute Gasteiger partial charge is 0.450 e. The van der Waals surface area contributed by atoms with E-state index >= 15 is 0 Å². The Morgan fingerprint density at radius 1 is 1.55 bits per heavy atom. The first-order chi connectivity index (χ1) is 9.58. The van der Waals surface area contributed by atoms with E-state index in [-0.39, 0.29) is 5.91 Å². The minimum absolute atomic E-state index is 0.0800. The number of amides is 1. The molecule has 1 amide bonds. The van der Waals surface area contributed by atoms with E-state index in [0.717, 1.165) is 17.1 Å². The van der Waals surface area contributed by atoms with Crippen LogP contribution < -0.4 is 0 Å². The number of likely N-dealkylation sites (N-methyl/N-ethyl adjacent to an activating group) is 1. The van der Waals surface area contributed by atoms with Crippen LogP contribution in [0.5, 0.6) is 0 Å². The summed E-state index contributed by atoms with van der Waals surface area (Å²) in [6.07, 6.45) is 4.08. The topological polar surface area (TPSA) is 46.3 Å². The highest BCUT2D eigenvalue weighted by Gasteiger charge is 2.08. The Labute approximate surface area is 130 Å². The molecule has 0 fully saturated rings. The van der Waals surface area contributed by atoms with Crippen LogP contribution in [0.1, 0.15) is 23.4 Å². The molecule has 0 aromatic carbocycles. The smallest absolute Gasteiger partial charge is 0.246 e. The highest BCUT2D eigenvalue weighted by Crippen LogP contribution is 2.15. The van der Waals surface area contributed by atoms with Crippen molar-refractivity contribution in [1.82, 2.24) is 9.88 Å². The lowest BCUT2D eigenvalue weighted by atomic mass is 10.3. The number of hydrogen-bond donors (Lipinski definition) is 0. The monoisotopic (exact) mass is 354 g/mol. The van der Waals surface area contributed by atoms with Crippen LogP contribution in [0.15, 0.2) is 32.7 Å². The lowest BCUT2D eigenvalue weighted by Crippen LogP contribution is -2.24. The number of thiazole rings is 1. The first-order valence-electron chi connectivity index (χ1n) is 6.20. The van der Waals surface area contributed by atoms with Gasteiger partial charge in [-0.1, -0.05) is 6.92 Å². The molecule has 0 aliphatic carbocycles. The number of aromatic nitrogens is 1. The number of halogens is 1. The summed E-state index contributed by atoms with van der Waals surface area (Å²) in [5.41, 5.74) is 0.928. The molecule has 0 aliphatic heterocycles. The molecule has 106 valence electrons. The van der Waals surface area contributed by atoms with Crippen molar-refractivity contribution < 1.29 is 9.21 Å². The molecule has 2 rings (SSSR count). The van der Waals surface area contributed by atoms with Gasteiger partial charge in [0, 0.05) is 18.5 Å². The molecule has 20 heavy (non-hydrogen) atoms. The Morgan fingerprint density at radius 2 is 2.35 bits per heavy atom.